The number of anilines is 1. The van der Waals surface area contributed by atoms with Gasteiger partial charge < -0.3 is 19.4 Å². The summed E-state index contributed by atoms with van der Waals surface area (Å²) in [6.07, 6.45) is 6.52. The largest absolute Gasteiger partial charge is 0.488 e. The first-order chi connectivity index (χ1) is 13.2. The highest BCUT2D eigenvalue weighted by Crippen LogP contribution is 2.31. The molecular formula is C21H24N2O4. The third kappa shape index (κ3) is 4.15. The Bertz CT molecular complexity index is 796. The highest BCUT2D eigenvalue weighted by atomic mass is 16.5. The SMILES string of the molecule is O=C(Nc1ccccc1OC1CCCC1)[C@H]1CC(=O)N(Cc2ccco2)C1. The van der Waals surface area contributed by atoms with Crippen LogP contribution in [0.25, 0.3) is 0 Å². The van der Waals surface area contributed by atoms with E-state index in [1.54, 1.807) is 17.2 Å². The van der Waals surface area contributed by atoms with Gasteiger partial charge in [-0.25, -0.2) is 0 Å². The predicted molar refractivity (Wildman–Crippen MR) is 100 cm³/mol. The first kappa shape index (κ1) is 17.6. The number of hydrogen-bond acceptors (Lipinski definition) is 4. The molecule has 2 amide bonds. The Morgan fingerprint density at radius 1 is 1.19 bits per heavy atom. The maximum Gasteiger partial charge on any atom is 0.229 e. The van der Waals surface area contributed by atoms with Crippen LogP contribution in [0.1, 0.15) is 37.9 Å². The van der Waals surface area contributed by atoms with Crippen molar-refractivity contribution in [3.05, 3.63) is 48.4 Å². The molecule has 142 valence electrons. The van der Waals surface area contributed by atoms with Crippen LogP contribution in [0.5, 0.6) is 5.75 Å². The second-order valence-electron chi connectivity index (χ2n) is 7.26. The maximum absolute atomic E-state index is 12.7. The van der Waals surface area contributed by atoms with Gasteiger partial charge in [0, 0.05) is 13.0 Å². The molecule has 0 radical (unpaired) electrons. The first-order valence-corrected chi connectivity index (χ1v) is 9.56. The number of likely N-dealkylation sites (tertiary alicyclic amines) is 1. The summed E-state index contributed by atoms with van der Waals surface area (Å²) in [6, 6.07) is 11.1. The number of nitrogens with one attached hydrogen (secondary N) is 1. The summed E-state index contributed by atoms with van der Waals surface area (Å²) < 4.78 is 11.4. The van der Waals surface area contributed by atoms with Crippen molar-refractivity contribution >= 4 is 17.5 Å². The number of nitrogens with zero attached hydrogens (tertiary/aromatic N) is 1. The number of rotatable bonds is 6. The molecule has 2 fully saturated rings. The van der Waals surface area contributed by atoms with Gasteiger partial charge in [-0.1, -0.05) is 12.1 Å². The Morgan fingerprint density at radius 3 is 2.78 bits per heavy atom. The van der Waals surface area contributed by atoms with Crippen molar-refractivity contribution in [2.45, 2.75) is 44.8 Å². The van der Waals surface area contributed by atoms with Gasteiger partial charge in [-0.3, -0.25) is 9.59 Å². The zero-order chi connectivity index (χ0) is 18.6. The van der Waals surface area contributed by atoms with Gasteiger partial charge in [-0.2, -0.15) is 0 Å². The minimum atomic E-state index is -0.369. The summed E-state index contributed by atoms with van der Waals surface area (Å²) >= 11 is 0. The van der Waals surface area contributed by atoms with Crippen LogP contribution in [0.15, 0.2) is 47.1 Å². The van der Waals surface area contributed by atoms with Crippen molar-refractivity contribution in [2.75, 3.05) is 11.9 Å². The summed E-state index contributed by atoms with van der Waals surface area (Å²) in [5, 5.41) is 2.96. The van der Waals surface area contributed by atoms with E-state index in [1.165, 1.54) is 12.8 Å². The number of carbonyl (C=O) groups is 2. The standard InChI is InChI=1S/C21H24N2O4/c24-20-12-15(13-23(20)14-17-8-5-11-26-17)21(25)22-18-9-3-4-10-19(18)27-16-6-1-2-7-16/h3-5,8-11,15-16H,1-2,6-7,12-14H2,(H,22,25)/t15-/m0/s1. The van der Waals surface area contributed by atoms with Crippen molar-refractivity contribution in [1.82, 2.24) is 4.90 Å². The Balaban J connectivity index is 1.38. The monoisotopic (exact) mass is 368 g/mol. The third-order valence-electron chi connectivity index (χ3n) is 5.25. The van der Waals surface area contributed by atoms with Crippen molar-refractivity contribution in [1.29, 1.82) is 0 Å². The molecule has 1 aromatic carbocycles. The van der Waals surface area contributed by atoms with Gasteiger partial charge in [0.05, 0.1) is 30.5 Å². The number of ether oxygens (including phenoxy) is 1. The fraction of sp³-hybridized carbons (Fsp3) is 0.429. The zero-order valence-corrected chi connectivity index (χ0v) is 15.2. The zero-order valence-electron chi connectivity index (χ0n) is 15.2. The van der Waals surface area contributed by atoms with Crippen molar-refractivity contribution in [3.8, 4) is 5.75 Å². The van der Waals surface area contributed by atoms with Gasteiger partial charge in [-0.05, 0) is 49.9 Å². The van der Waals surface area contributed by atoms with Crippen molar-refractivity contribution in [3.63, 3.8) is 0 Å². The quantitative estimate of drug-likeness (QED) is 0.846. The predicted octanol–water partition coefficient (Wildman–Crippen LogP) is 3.59. The lowest BCUT2D eigenvalue weighted by Crippen LogP contribution is -2.28. The number of benzene rings is 1. The molecule has 1 saturated heterocycles. The summed E-state index contributed by atoms with van der Waals surface area (Å²) in [6.45, 7) is 0.800. The molecule has 27 heavy (non-hydrogen) atoms. The smallest absolute Gasteiger partial charge is 0.229 e. The van der Waals surface area contributed by atoms with Crippen molar-refractivity contribution in [2.24, 2.45) is 5.92 Å². The number of hydrogen-bond donors (Lipinski definition) is 1. The molecule has 1 N–H and O–H groups in total. The van der Waals surface area contributed by atoms with E-state index in [1.807, 2.05) is 30.3 Å². The molecule has 0 unspecified atom stereocenters. The van der Waals surface area contributed by atoms with E-state index in [4.69, 9.17) is 9.15 Å². The van der Waals surface area contributed by atoms with E-state index in [0.717, 1.165) is 18.6 Å². The normalized spacial score (nSPS) is 20.2. The fourth-order valence-corrected chi connectivity index (χ4v) is 3.78. The molecule has 2 heterocycles. The molecule has 1 aliphatic carbocycles. The molecule has 6 nitrogen and oxygen atoms in total. The minimum Gasteiger partial charge on any atom is -0.488 e. The number of furan rings is 1. The van der Waals surface area contributed by atoms with Crippen LogP contribution in [0.3, 0.4) is 0 Å². The van der Waals surface area contributed by atoms with E-state index in [2.05, 4.69) is 5.32 Å². The number of carbonyl (C=O) groups excluding carboxylic acids is 2. The second kappa shape index (κ2) is 7.86. The molecule has 4 rings (SSSR count). The molecule has 0 spiro atoms. The van der Waals surface area contributed by atoms with E-state index in [-0.39, 0.29) is 30.3 Å². The molecule has 2 aromatic rings. The topological polar surface area (TPSA) is 71.8 Å². The van der Waals surface area contributed by atoms with Gasteiger partial charge in [0.15, 0.2) is 0 Å². The average Bonchev–Trinajstić information content (AvgIpc) is 3.41. The molecular weight excluding hydrogens is 344 g/mol. The van der Waals surface area contributed by atoms with Crippen LogP contribution in [0.2, 0.25) is 0 Å². The van der Waals surface area contributed by atoms with Gasteiger partial charge in [0.2, 0.25) is 11.8 Å². The van der Waals surface area contributed by atoms with Crippen LogP contribution in [-0.2, 0) is 16.1 Å². The molecule has 1 saturated carbocycles. The third-order valence-corrected chi connectivity index (χ3v) is 5.25. The van der Waals surface area contributed by atoms with Gasteiger partial charge in [0.25, 0.3) is 0 Å². The Kier molecular flexibility index (Phi) is 5.14. The van der Waals surface area contributed by atoms with Crippen LogP contribution < -0.4 is 10.1 Å². The van der Waals surface area contributed by atoms with E-state index < -0.39 is 0 Å². The summed E-state index contributed by atoms with van der Waals surface area (Å²) in [5.74, 6) is 0.885. The highest BCUT2D eigenvalue weighted by Gasteiger charge is 2.35. The highest BCUT2D eigenvalue weighted by molar-refractivity contribution is 5.98. The summed E-state index contributed by atoms with van der Waals surface area (Å²) in [4.78, 5) is 26.6. The van der Waals surface area contributed by atoms with E-state index >= 15 is 0 Å². The Labute approximate surface area is 158 Å². The van der Waals surface area contributed by atoms with Crippen LogP contribution in [0.4, 0.5) is 5.69 Å². The lowest BCUT2D eigenvalue weighted by Gasteiger charge is -2.18. The Morgan fingerprint density at radius 2 is 2.00 bits per heavy atom. The number of para-hydroxylation sites is 2. The van der Waals surface area contributed by atoms with Crippen LogP contribution in [-0.4, -0.2) is 29.4 Å². The van der Waals surface area contributed by atoms with Crippen LogP contribution >= 0.6 is 0 Å². The van der Waals surface area contributed by atoms with Crippen LogP contribution in [0, 0.1) is 5.92 Å². The molecule has 0 bridgehead atoms. The van der Waals surface area contributed by atoms with E-state index in [9.17, 15) is 9.59 Å². The van der Waals surface area contributed by atoms with E-state index in [0.29, 0.717) is 24.5 Å². The molecule has 1 atom stereocenters. The molecule has 6 heteroatoms. The molecule has 1 aliphatic heterocycles. The molecule has 2 aliphatic rings. The average molecular weight is 368 g/mol. The summed E-state index contributed by atoms with van der Waals surface area (Å²) in [7, 11) is 0. The lowest BCUT2D eigenvalue weighted by molar-refractivity contribution is -0.128. The minimum absolute atomic E-state index is 0.0259. The number of amides is 2. The summed E-state index contributed by atoms with van der Waals surface area (Å²) in [5.41, 5.74) is 0.673. The van der Waals surface area contributed by atoms with Crippen molar-refractivity contribution < 1.29 is 18.7 Å². The first-order valence-electron chi connectivity index (χ1n) is 9.56. The van der Waals surface area contributed by atoms with Gasteiger partial charge in [-0.15, -0.1) is 0 Å². The van der Waals surface area contributed by atoms with Gasteiger partial charge in [0.1, 0.15) is 11.5 Å². The lowest BCUT2D eigenvalue weighted by atomic mass is 10.1. The molecule has 1 aromatic heterocycles. The fourth-order valence-electron chi connectivity index (χ4n) is 3.78. The maximum atomic E-state index is 12.7. The van der Waals surface area contributed by atoms with Gasteiger partial charge >= 0.3 is 0 Å². The second-order valence-corrected chi connectivity index (χ2v) is 7.26. The Hall–Kier alpha value is -2.76.